The van der Waals surface area contributed by atoms with Crippen molar-refractivity contribution in [3.63, 3.8) is 0 Å². The molecular weight excluding hydrogens is 333 g/mol. The number of aryl methyl sites for hydroxylation is 1. The van der Waals surface area contributed by atoms with E-state index in [1.807, 2.05) is 0 Å². The third-order valence-corrected chi connectivity index (χ3v) is 5.76. The fraction of sp³-hybridized carbons (Fsp3) is 0.625. The summed E-state index contributed by atoms with van der Waals surface area (Å²) in [4.78, 5) is 0. The summed E-state index contributed by atoms with van der Waals surface area (Å²) >= 11 is 2.49. The van der Waals surface area contributed by atoms with E-state index in [-0.39, 0.29) is 0 Å². The highest BCUT2D eigenvalue weighted by Gasteiger charge is 2.19. The van der Waals surface area contributed by atoms with Crippen molar-refractivity contribution < 1.29 is 0 Å². The summed E-state index contributed by atoms with van der Waals surface area (Å²) in [6.45, 7) is 2.20. The quantitative estimate of drug-likeness (QED) is 0.745. The lowest BCUT2D eigenvalue weighted by Gasteiger charge is -2.21. The van der Waals surface area contributed by atoms with Crippen LogP contribution in [0.3, 0.4) is 0 Å². The molecule has 0 radical (unpaired) electrons. The summed E-state index contributed by atoms with van der Waals surface area (Å²) in [5.41, 5.74) is 2.88. The monoisotopic (exact) mass is 357 g/mol. The van der Waals surface area contributed by atoms with E-state index >= 15 is 0 Å². The Morgan fingerprint density at radius 1 is 1.33 bits per heavy atom. The lowest BCUT2D eigenvalue weighted by atomic mass is 9.94. The molecule has 1 aromatic rings. The van der Waals surface area contributed by atoms with Gasteiger partial charge in [0, 0.05) is 9.61 Å². The first-order valence-electron chi connectivity index (χ1n) is 7.14. The van der Waals surface area contributed by atoms with Crippen molar-refractivity contribution in [1.29, 1.82) is 0 Å². The van der Waals surface area contributed by atoms with E-state index in [1.54, 1.807) is 0 Å². The Hall–Kier alpha value is -0.0900. The topological polar surface area (TPSA) is 12.0 Å². The van der Waals surface area contributed by atoms with Crippen molar-refractivity contribution >= 4 is 22.6 Å². The second kappa shape index (κ2) is 6.90. The van der Waals surface area contributed by atoms with Crippen molar-refractivity contribution in [1.82, 2.24) is 5.32 Å². The van der Waals surface area contributed by atoms with Crippen LogP contribution in [-0.4, -0.2) is 7.05 Å². The summed E-state index contributed by atoms with van der Waals surface area (Å²) in [6, 6.07) is 7.20. The lowest BCUT2D eigenvalue weighted by Crippen LogP contribution is -2.18. The molecule has 1 aromatic carbocycles. The molecule has 0 amide bonds. The number of nitrogens with one attached hydrogen (secondary N) is 1. The van der Waals surface area contributed by atoms with Gasteiger partial charge in [0.05, 0.1) is 0 Å². The van der Waals surface area contributed by atoms with Crippen molar-refractivity contribution in [2.24, 2.45) is 5.92 Å². The second-order valence-electron chi connectivity index (χ2n) is 5.55. The largest absolute Gasteiger partial charge is 0.313 e. The Bertz CT molecular complexity index is 383. The summed E-state index contributed by atoms with van der Waals surface area (Å²) in [5.74, 6) is 0.989. The van der Waals surface area contributed by atoms with E-state index in [9.17, 15) is 0 Å². The molecule has 1 atom stereocenters. The molecule has 0 aromatic heterocycles. The van der Waals surface area contributed by atoms with Gasteiger partial charge in [0.15, 0.2) is 0 Å². The molecule has 0 spiro atoms. The van der Waals surface area contributed by atoms with Crippen LogP contribution in [-0.2, 0) is 0 Å². The van der Waals surface area contributed by atoms with Gasteiger partial charge in [0.25, 0.3) is 0 Å². The molecule has 100 valence electrons. The number of hydrogen-bond acceptors (Lipinski definition) is 1. The van der Waals surface area contributed by atoms with Crippen LogP contribution >= 0.6 is 22.6 Å². The van der Waals surface area contributed by atoms with E-state index in [2.05, 4.69) is 60.1 Å². The first-order chi connectivity index (χ1) is 8.72. The average Bonchev–Trinajstić information content (AvgIpc) is 2.88. The second-order valence-corrected chi connectivity index (χ2v) is 6.63. The molecule has 18 heavy (non-hydrogen) atoms. The molecule has 1 N–H and O–H groups in total. The number of hydrogen-bond donors (Lipinski definition) is 1. The van der Waals surface area contributed by atoms with Crippen LogP contribution in [0.15, 0.2) is 18.2 Å². The van der Waals surface area contributed by atoms with Crippen molar-refractivity contribution in [2.45, 2.75) is 51.5 Å². The minimum Gasteiger partial charge on any atom is -0.313 e. The normalized spacial score (nSPS) is 18.2. The van der Waals surface area contributed by atoms with Gasteiger partial charge in [-0.1, -0.05) is 43.9 Å². The van der Waals surface area contributed by atoms with Crippen LogP contribution in [0.4, 0.5) is 0 Å². The van der Waals surface area contributed by atoms with Crippen molar-refractivity contribution in [3.8, 4) is 0 Å². The predicted molar refractivity (Wildman–Crippen MR) is 86.9 cm³/mol. The molecule has 0 bridgehead atoms. The zero-order valence-electron chi connectivity index (χ0n) is 11.5. The van der Waals surface area contributed by atoms with Crippen LogP contribution < -0.4 is 5.32 Å². The SMILES string of the molecule is CNC(CCC1CCCC1)c1cccc(C)c1I. The van der Waals surface area contributed by atoms with Gasteiger partial charge in [0.2, 0.25) is 0 Å². The maximum atomic E-state index is 3.51. The van der Waals surface area contributed by atoms with Crippen LogP contribution in [0.5, 0.6) is 0 Å². The van der Waals surface area contributed by atoms with E-state index in [0.29, 0.717) is 6.04 Å². The summed E-state index contributed by atoms with van der Waals surface area (Å²) in [6.07, 6.45) is 8.49. The Kier molecular flexibility index (Phi) is 5.49. The molecule has 1 aliphatic rings. The van der Waals surface area contributed by atoms with E-state index in [1.165, 1.54) is 53.2 Å². The highest BCUT2D eigenvalue weighted by atomic mass is 127. The molecule has 1 saturated carbocycles. The Balaban J connectivity index is 2.00. The molecule has 2 rings (SSSR count). The first-order valence-corrected chi connectivity index (χ1v) is 8.22. The maximum absolute atomic E-state index is 3.51. The summed E-state index contributed by atoms with van der Waals surface area (Å²) in [5, 5.41) is 3.51. The van der Waals surface area contributed by atoms with Crippen LogP contribution in [0.2, 0.25) is 0 Å². The fourth-order valence-corrected chi connectivity index (χ4v) is 3.83. The van der Waals surface area contributed by atoms with Crippen LogP contribution in [0, 0.1) is 16.4 Å². The molecule has 2 heteroatoms. The predicted octanol–water partition coefficient (Wildman–Crippen LogP) is 4.83. The van der Waals surface area contributed by atoms with Gasteiger partial charge in [-0.25, -0.2) is 0 Å². The Labute approximate surface area is 125 Å². The molecule has 1 aliphatic carbocycles. The molecule has 1 nitrogen and oxygen atoms in total. The summed E-state index contributed by atoms with van der Waals surface area (Å²) < 4.78 is 1.43. The Morgan fingerprint density at radius 3 is 2.72 bits per heavy atom. The minimum atomic E-state index is 0.525. The molecule has 0 heterocycles. The van der Waals surface area contributed by atoms with Crippen LogP contribution in [0.25, 0.3) is 0 Å². The molecule has 0 aliphatic heterocycles. The van der Waals surface area contributed by atoms with Gasteiger partial charge in [-0.15, -0.1) is 0 Å². The number of halogens is 1. The number of rotatable bonds is 5. The highest BCUT2D eigenvalue weighted by Crippen LogP contribution is 2.32. The first kappa shape index (κ1) is 14.3. The third-order valence-electron chi connectivity index (χ3n) is 4.28. The Morgan fingerprint density at radius 2 is 2.06 bits per heavy atom. The van der Waals surface area contributed by atoms with Gasteiger partial charge < -0.3 is 5.32 Å². The lowest BCUT2D eigenvalue weighted by molar-refractivity contribution is 0.426. The van der Waals surface area contributed by atoms with E-state index < -0.39 is 0 Å². The fourth-order valence-electron chi connectivity index (χ4n) is 3.10. The molecule has 0 saturated heterocycles. The smallest absolute Gasteiger partial charge is 0.0328 e. The maximum Gasteiger partial charge on any atom is 0.0328 e. The molecule has 1 fully saturated rings. The third kappa shape index (κ3) is 3.47. The van der Waals surface area contributed by atoms with Gasteiger partial charge in [-0.05, 0) is 66.4 Å². The van der Waals surface area contributed by atoms with Gasteiger partial charge in [-0.2, -0.15) is 0 Å². The van der Waals surface area contributed by atoms with Crippen molar-refractivity contribution in [2.75, 3.05) is 7.05 Å². The van der Waals surface area contributed by atoms with E-state index in [0.717, 1.165) is 5.92 Å². The van der Waals surface area contributed by atoms with Gasteiger partial charge in [-0.3, -0.25) is 0 Å². The van der Waals surface area contributed by atoms with E-state index in [4.69, 9.17) is 0 Å². The standard InChI is InChI=1S/C16H24IN/c1-12-6-5-9-14(16(12)17)15(18-2)11-10-13-7-3-4-8-13/h5-6,9,13,15,18H,3-4,7-8,10-11H2,1-2H3. The number of benzene rings is 1. The average molecular weight is 357 g/mol. The molecule has 1 unspecified atom stereocenters. The molecular formula is C16H24IN. The summed E-state index contributed by atoms with van der Waals surface area (Å²) in [7, 11) is 2.09. The zero-order chi connectivity index (χ0) is 13.0. The van der Waals surface area contributed by atoms with Crippen LogP contribution in [0.1, 0.15) is 55.7 Å². The van der Waals surface area contributed by atoms with Gasteiger partial charge in [0.1, 0.15) is 0 Å². The van der Waals surface area contributed by atoms with Gasteiger partial charge >= 0.3 is 0 Å². The minimum absolute atomic E-state index is 0.525. The highest BCUT2D eigenvalue weighted by molar-refractivity contribution is 14.1. The van der Waals surface area contributed by atoms with Crippen molar-refractivity contribution in [3.05, 3.63) is 32.9 Å². The zero-order valence-corrected chi connectivity index (χ0v) is 13.7.